The van der Waals surface area contributed by atoms with Crippen molar-refractivity contribution in [2.75, 3.05) is 0 Å². The molecule has 0 atom stereocenters. The zero-order valence-electron chi connectivity index (χ0n) is 10.4. The molecule has 0 saturated heterocycles. The Labute approximate surface area is 116 Å². The molecule has 0 bridgehead atoms. The second-order valence-corrected chi connectivity index (χ2v) is 4.28. The number of pyridine rings is 1. The number of benzene rings is 1. The van der Waals surface area contributed by atoms with Gasteiger partial charge in [0.1, 0.15) is 5.69 Å². The third-order valence-electron chi connectivity index (χ3n) is 2.73. The zero-order chi connectivity index (χ0) is 15.6. The molecular formula is C14H8F5NO. The van der Waals surface area contributed by atoms with Gasteiger partial charge in [0.2, 0.25) is 0 Å². The van der Waals surface area contributed by atoms with Gasteiger partial charge in [0.15, 0.2) is 17.4 Å². The van der Waals surface area contributed by atoms with Crippen LogP contribution in [0.4, 0.5) is 22.0 Å². The molecule has 0 fully saturated rings. The monoisotopic (exact) mass is 301 g/mol. The molecule has 2 rings (SSSR count). The topological polar surface area (TPSA) is 30.0 Å². The summed E-state index contributed by atoms with van der Waals surface area (Å²) in [7, 11) is 0. The van der Waals surface area contributed by atoms with Crippen molar-refractivity contribution < 1.29 is 26.7 Å². The number of rotatable bonds is 3. The quantitative estimate of drug-likeness (QED) is 0.637. The van der Waals surface area contributed by atoms with Crippen LogP contribution >= 0.6 is 0 Å². The Morgan fingerprint density at radius 2 is 1.76 bits per heavy atom. The van der Waals surface area contributed by atoms with Crippen LogP contribution in [0.2, 0.25) is 0 Å². The van der Waals surface area contributed by atoms with Crippen LogP contribution in [0, 0.1) is 11.6 Å². The molecule has 0 spiro atoms. The molecule has 0 unspecified atom stereocenters. The summed E-state index contributed by atoms with van der Waals surface area (Å²) in [5.74, 6) is -2.73. The molecule has 1 heterocycles. The maximum Gasteiger partial charge on any atom is 0.417 e. The van der Waals surface area contributed by atoms with Crippen LogP contribution in [0.3, 0.4) is 0 Å². The summed E-state index contributed by atoms with van der Waals surface area (Å²) in [5, 5.41) is 0. The van der Waals surface area contributed by atoms with Gasteiger partial charge in [-0.25, -0.2) is 8.78 Å². The fraction of sp³-hybridized carbons (Fsp3) is 0.143. The lowest BCUT2D eigenvalue weighted by molar-refractivity contribution is -0.137. The zero-order valence-corrected chi connectivity index (χ0v) is 10.4. The molecule has 0 amide bonds. The molecule has 1 aromatic heterocycles. The predicted molar refractivity (Wildman–Crippen MR) is 63.6 cm³/mol. The summed E-state index contributed by atoms with van der Waals surface area (Å²) in [6, 6.07) is 4.65. The maximum atomic E-state index is 13.0. The lowest BCUT2D eigenvalue weighted by Gasteiger charge is -2.06. The molecule has 0 aliphatic heterocycles. The number of carbonyl (C=O) groups is 1. The third-order valence-corrected chi connectivity index (χ3v) is 2.73. The van der Waals surface area contributed by atoms with Gasteiger partial charge in [0, 0.05) is 12.6 Å². The van der Waals surface area contributed by atoms with E-state index < -0.39 is 29.2 Å². The van der Waals surface area contributed by atoms with Crippen LogP contribution in [0.5, 0.6) is 0 Å². The highest BCUT2D eigenvalue weighted by atomic mass is 19.4. The standard InChI is InChI=1S/C14H8F5NO/c15-10-3-1-8(5-11(10)16)6-13(21)12-4-2-9(7-20-12)14(17,18)19/h1-5,7H,6H2. The maximum absolute atomic E-state index is 13.0. The summed E-state index contributed by atoms with van der Waals surface area (Å²) in [6.45, 7) is 0. The smallest absolute Gasteiger partial charge is 0.292 e. The van der Waals surface area contributed by atoms with Crippen molar-refractivity contribution in [1.29, 1.82) is 0 Å². The number of Topliss-reactive ketones (excluding diaryl/α,β-unsaturated/α-hetero) is 1. The van der Waals surface area contributed by atoms with Gasteiger partial charge in [-0.3, -0.25) is 9.78 Å². The van der Waals surface area contributed by atoms with Crippen LogP contribution in [-0.4, -0.2) is 10.8 Å². The van der Waals surface area contributed by atoms with Gasteiger partial charge in [-0.05, 0) is 29.8 Å². The Balaban J connectivity index is 2.15. The molecule has 0 aliphatic rings. The van der Waals surface area contributed by atoms with Crippen molar-refractivity contribution in [2.24, 2.45) is 0 Å². The Hall–Kier alpha value is -2.31. The molecule has 7 heteroatoms. The van der Waals surface area contributed by atoms with E-state index in [1.54, 1.807) is 0 Å². The lowest BCUT2D eigenvalue weighted by atomic mass is 10.1. The highest BCUT2D eigenvalue weighted by Gasteiger charge is 2.30. The van der Waals surface area contributed by atoms with E-state index in [9.17, 15) is 26.7 Å². The predicted octanol–water partition coefficient (Wildman–Crippen LogP) is 3.80. The van der Waals surface area contributed by atoms with Crippen molar-refractivity contribution in [3.05, 3.63) is 65.0 Å². The number of nitrogens with zero attached hydrogens (tertiary/aromatic N) is 1. The average molecular weight is 301 g/mol. The minimum atomic E-state index is -4.53. The van der Waals surface area contributed by atoms with Gasteiger partial charge in [0.25, 0.3) is 0 Å². The van der Waals surface area contributed by atoms with Gasteiger partial charge in [0.05, 0.1) is 5.56 Å². The highest BCUT2D eigenvalue weighted by Crippen LogP contribution is 2.28. The highest BCUT2D eigenvalue weighted by molar-refractivity contribution is 5.95. The van der Waals surface area contributed by atoms with Crippen LogP contribution in [0.15, 0.2) is 36.5 Å². The molecule has 2 aromatic rings. The van der Waals surface area contributed by atoms with E-state index in [0.717, 1.165) is 24.3 Å². The number of aromatic nitrogens is 1. The summed E-state index contributed by atoms with van der Waals surface area (Å²) >= 11 is 0. The average Bonchev–Trinajstić information content (AvgIpc) is 2.42. The molecule has 0 saturated carbocycles. The van der Waals surface area contributed by atoms with Gasteiger partial charge < -0.3 is 0 Å². The van der Waals surface area contributed by atoms with E-state index in [1.807, 2.05) is 0 Å². The second-order valence-electron chi connectivity index (χ2n) is 4.28. The van der Waals surface area contributed by atoms with E-state index in [2.05, 4.69) is 4.98 Å². The molecule has 1 aromatic carbocycles. The first kappa shape index (κ1) is 15.1. The van der Waals surface area contributed by atoms with Crippen molar-refractivity contribution in [3.8, 4) is 0 Å². The van der Waals surface area contributed by atoms with Crippen LogP contribution in [0.25, 0.3) is 0 Å². The summed E-state index contributed by atoms with van der Waals surface area (Å²) in [5.41, 5.74) is -0.930. The Morgan fingerprint density at radius 3 is 2.29 bits per heavy atom. The normalized spacial score (nSPS) is 11.5. The van der Waals surface area contributed by atoms with Gasteiger partial charge >= 0.3 is 6.18 Å². The fourth-order valence-corrected chi connectivity index (χ4v) is 1.65. The van der Waals surface area contributed by atoms with Crippen molar-refractivity contribution in [1.82, 2.24) is 4.98 Å². The van der Waals surface area contributed by atoms with E-state index in [0.29, 0.717) is 6.20 Å². The number of alkyl halides is 3. The van der Waals surface area contributed by atoms with Crippen LogP contribution in [-0.2, 0) is 12.6 Å². The molecular weight excluding hydrogens is 293 g/mol. The van der Waals surface area contributed by atoms with Crippen molar-refractivity contribution in [2.45, 2.75) is 12.6 Å². The molecule has 21 heavy (non-hydrogen) atoms. The Morgan fingerprint density at radius 1 is 1.05 bits per heavy atom. The first-order valence-electron chi connectivity index (χ1n) is 5.78. The summed E-state index contributed by atoms with van der Waals surface area (Å²) in [4.78, 5) is 15.3. The number of ketones is 1. The number of carbonyl (C=O) groups excluding carboxylic acids is 1. The minimum Gasteiger partial charge on any atom is -0.292 e. The molecule has 2 nitrogen and oxygen atoms in total. The lowest BCUT2D eigenvalue weighted by Crippen LogP contribution is -2.10. The number of hydrogen-bond donors (Lipinski definition) is 0. The first-order chi connectivity index (χ1) is 9.77. The van der Waals surface area contributed by atoms with Gasteiger partial charge in [-0.2, -0.15) is 13.2 Å². The van der Waals surface area contributed by atoms with E-state index in [1.165, 1.54) is 6.07 Å². The largest absolute Gasteiger partial charge is 0.417 e. The third kappa shape index (κ3) is 3.62. The van der Waals surface area contributed by atoms with Crippen molar-refractivity contribution in [3.63, 3.8) is 0 Å². The van der Waals surface area contributed by atoms with E-state index in [4.69, 9.17) is 0 Å². The number of halogens is 5. The second kappa shape index (κ2) is 5.59. The Kier molecular flexibility index (Phi) is 4.02. The van der Waals surface area contributed by atoms with Crippen LogP contribution in [0.1, 0.15) is 21.6 Å². The van der Waals surface area contributed by atoms with Gasteiger partial charge in [-0.15, -0.1) is 0 Å². The minimum absolute atomic E-state index is 0.173. The molecule has 110 valence electrons. The first-order valence-corrected chi connectivity index (χ1v) is 5.78. The molecule has 0 aliphatic carbocycles. The summed E-state index contributed by atoms with van der Waals surface area (Å²) in [6.07, 6.45) is -4.26. The number of hydrogen-bond acceptors (Lipinski definition) is 2. The summed E-state index contributed by atoms with van der Waals surface area (Å²) < 4.78 is 62.8. The Bertz CT molecular complexity index is 664. The van der Waals surface area contributed by atoms with Gasteiger partial charge in [-0.1, -0.05) is 6.07 Å². The molecule has 0 N–H and O–H groups in total. The van der Waals surface area contributed by atoms with E-state index in [-0.39, 0.29) is 17.7 Å². The fourth-order valence-electron chi connectivity index (χ4n) is 1.65. The SMILES string of the molecule is O=C(Cc1ccc(F)c(F)c1)c1ccc(C(F)(F)F)cn1. The van der Waals surface area contributed by atoms with Crippen molar-refractivity contribution >= 4 is 5.78 Å². The van der Waals surface area contributed by atoms with Crippen LogP contribution < -0.4 is 0 Å². The van der Waals surface area contributed by atoms with E-state index >= 15 is 0 Å². The molecule has 0 radical (unpaired) electrons.